The number of hydrogen-bond donors (Lipinski definition) is 0. The SMILES string of the molecule is C#CCCN1CCN2C(=O)CCC2C1. The number of hydrogen-bond acceptors (Lipinski definition) is 2. The minimum Gasteiger partial charge on any atom is -0.337 e. The van der Waals surface area contributed by atoms with Crippen molar-refractivity contribution in [2.75, 3.05) is 26.2 Å². The molecule has 2 rings (SSSR count). The lowest BCUT2D eigenvalue weighted by molar-refractivity contribution is -0.130. The molecular weight excluding hydrogens is 176 g/mol. The Hall–Kier alpha value is -1.01. The number of carbonyl (C=O) groups is 1. The van der Waals surface area contributed by atoms with Crippen molar-refractivity contribution in [3.63, 3.8) is 0 Å². The second kappa shape index (κ2) is 4.02. The zero-order valence-electron chi connectivity index (χ0n) is 8.41. The van der Waals surface area contributed by atoms with E-state index in [1.54, 1.807) is 0 Å². The van der Waals surface area contributed by atoms with Gasteiger partial charge in [-0.25, -0.2) is 0 Å². The van der Waals surface area contributed by atoms with E-state index in [0.29, 0.717) is 11.9 Å². The zero-order valence-corrected chi connectivity index (χ0v) is 8.41. The van der Waals surface area contributed by atoms with Gasteiger partial charge in [-0.1, -0.05) is 0 Å². The van der Waals surface area contributed by atoms with Gasteiger partial charge in [0, 0.05) is 45.1 Å². The maximum Gasteiger partial charge on any atom is 0.222 e. The molecule has 14 heavy (non-hydrogen) atoms. The zero-order chi connectivity index (χ0) is 9.97. The second-order valence-electron chi connectivity index (χ2n) is 4.03. The summed E-state index contributed by atoms with van der Waals surface area (Å²) in [4.78, 5) is 15.8. The molecule has 1 atom stereocenters. The number of rotatable bonds is 2. The summed E-state index contributed by atoms with van der Waals surface area (Å²) in [6.07, 6.45) is 7.83. The number of nitrogens with zero attached hydrogens (tertiary/aromatic N) is 2. The third-order valence-corrected chi connectivity index (χ3v) is 3.15. The van der Waals surface area contributed by atoms with Crippen LogP contribution in [-0.2, 0) is 4.79 Å². The Labute approximate surface area is 85.1 Å². The molecule has 0 radical (unpaired) electrons. The number of terminal acetylenes is 1. The molecule has 0 aromatic carbocycles. The Morgan fingerprint density at radius 1 is 1.50 bits per heavy atom. The van der Waals surface area contributed by atoms with Gasteiger partial charge in [-0.3, -0.25) is 9.69 Å². The van der Waals surface area contributed by atoms with Gasteiger partial charge >= 0.3 is 0 Å². The summed E-state index contributed by atoms with van der Waals surface area (Å²) < 4.78 is 0. The van der Waals surface area contributed by atoms with Crippen molar-refractivity contribution >= 4 is 5.91 Å². The van der Waals surface area contributed by atoms with Crippen molar-refractivity contribution in [1.29, 1.82) is 0 Å². The van der Waals surface area contributed by atoms with Gasteiger partial charge in [-0.15, -0.1) is 12.3 Å². The third-order valence-electron chi connectivity index (χ3n) is 3.15. The quantitative estimate of drug-likeness (QED) is 0.588. The van der Waals surface area contributed by atoms with Crippen molar-refractivity contribution in [3.8, 4) is 12.3 Å². The van der Waals surface area contributed by atoms with Crippen LogP contribution in [0.3, 0.4) is 0 Å². The highest BCUT2D eigenvalue weighted by atomic mass is 16.2. The molecule has 0 aromatic rings. The molecule has 0 saturated carbocycles. The lowest BCUT2D eigenvalue weighted by Crippen LogP contribution is -2.51. The van der Waals surface area contributed by atoms with Crippen LogP contribution in [0.1, 0.15) is 19.3 Å². The monoisotopic (exact) mass is 192 g/mol. The van der Waals surface area contributed by atoms with Crippen LogP contribution < -0.4 is 0 Å². The maximum absolute atomic E-state index is 11.4. The molecule has 2 saturated heterocycles. The van der Waals surface area contributed by atoms with Crippen LogP contribution in [0.25, 0.3) is 0 Å². The maximum atomic E-state index is 11.4. The third kappa shape index (κ3) is 1.76. The molecule has 0 aliphatic carbocycles. The van der Waals surface area contributed by atoms with Crippen LogP contribution in [0.2, 0.25) is 0 Å². The molecule has 3 heteroatoms. The molecule has 2 aliphatic rings. The van der Waals surface area contributed by atoms with Crippen LogP contribution in [0.4, 0.5) is 0 Å². The van der Waals surface area contributed by atoms with E-state index in [1.807, 2.05) is 4.90 Å². The standard InChI is InChI=1S/C11H16N2O/c1-2-3-6-12-7-8-13-10(9-12)4-5-11(13)14/h1,10H,3-9H2. The molecular formula is C11H16N2O. The van der Waals surface area contributed by atoms with Gasteiger partial charge < -0.3 is 4.90 Å². The van der Waals surface area contributed by atoms with Crippen LogP contribution in [0.15, 0.2) is 0 Å². The minimum atomic E-state index is 0.339. The van der Waals surface area contributed by atoms with E-state index < -0.39 is 0 Å². The summed E-state index contributed by atoms with van der Waals surface area (Å²) in [7, 11) is 0. The van der Waals surface area contributed by atoms with Crippen LogP contribution in [-0.4, -0.2) is 47.9 Å². The van der Waals surface area contributed by atoms with Gasteiger partial charge in [0.1, 0.15) is 0 Å². The van der Waals surface area contributed by atoms with E-state index in [-0.39, 0.29) is 0 Å². The predicted octanol–water partition coefficient (Wildman–Crippen LogP) is 0.316. The Kier molecular flexibility index (Phi) is 2.74. The van der Waals surface area contributed by atoms with E-state index in [0.717, 1.165) is 45.4 Å². The first-order chi connectivity index (χ1) is 6.81. The fraction of sp³-hybridized carbons (Fsp3) is 0.727. The number of fused-ring (bicyclic) bond motifs is 1. The van der Waals surface area contributed by atoms with Gasteiger partial charge in [-0.05, 0) is 6.42 Å². The van der Waals surface area contributed by atoms with Crippen LogP contribution >= 0.6 is 0 Å². The summed E-state index contributed by atoms with van der Waals surface area (Å²) >= 11 is 0. The lowest BCUT2D eigenvalue weighted by atomic mass is 10.1. The first kappa shape index (κ1) is 9.54. The molecule has 0 bridgehead atoms. The highest BCUT2D eigenvalue weighted by Gasteiger charge is 2.34. The number of piperazine rings is 1. The van der Waals surface area contributed by atoms with Gasteiger partial charge in [0.2, 0.25) is 5.91 Å². The molecule has 0 aromatic heterocycles. The van der Waals surface area contributed by atoms with Crippen molar-refractivity contribution in [3.05, 3.63) is 0 Å². The Bertz CT molecular complexity index is 269. The first-order valence-electron chi connectivity index (χ1n) is 5.26. The van der Waals surface area contributed by atoms with Gasteiger partial charge in [0.25, 0.3) is 0 Å². The summed E-state index contributed by atoms with van der Waals surface area (Å²) in [6.45, 7) is 3.89. The Morgan fingerprint density at radius 2 is 2.36 bits per heavy atom. The molecule has 2 aliphatic heterocycles. The molecule has 1 amide bonds. The van der Waals surface area contributed by atoms with E-state index in [4.69, 9.17) is 6.42 Å². The van der Waals surface area contributed by atoms with E-state index in [2.05, 4.69) is 10.8 Å². The van der Waals surface area contributed by atoms with Crippen molar-refractivity contribution in [2.24, 2.45) is 0 Å². The smallest absolute Gasteiger partial charge is 0.222 e. The molecule has 0 spiro atoms. The summed E-state index contributed by atoms with van der Waals surface area (Å²) in [5.74, 6) is 3.00. The number of carbonyl (C=O) groups excluding carboxylic acids is 1. The molecule has 76 valence electrons. The van der Waals surface area contributed by atoms with Gasteiger partial charge in [0.05, 0.1) is 0 Å². The summed E-state index contributed by atoms with van der Waals surface area (Å²) in [5, 5.41) is 0. The van der Waals surface area contributed by atoms with Crippen molar-refractivity contribution in [1.82, 2.24) is 9.80 Å². The summed E-state index contributed by atoms with van der Waals surface area (Å²) in [5.41, 5.74) is 0. The topological polar surface area (TPSA) is 23.6 Å². The molecule has 2 fully saturated rings. The highest BCUT2D eigenvalue weighted by molar-refractivity contribution is 5.78. The Balaban J connectivity index is 1.87. The second-order valence-corrected chi connectivity index (χ2v) is 4.03. The van der Waals surface area contributed by atoms with Gasteiger partial charge in [-0.2, -0.15) is 0 Å². The van der Waals surface area contributed by atoms with Crippen molar-refractivity contribution < 1.29 is 4.79 Å². The molecule has 3 nitrogen and oxygen atoms in total. The molecule has 0 N–H and O–H groups in total. The predicted molar refractivity (Wildman–Crippen MR) is 54.6 cm³/mol. The first-order valence-corrected chi connectivity index (χ1v) is 5.26. The average molecular weight is 192 g/mol. The normalized spacial score (nSPS) is 27.5. The van der Waals surface area contributed by atoms with E-state index >= 15 is 0 Å². The average Bonchev–Trinajstić information content (AvgIpc) is 2.57. The van der Waals surface area contributed by atoms with Crippen molar-refractivity contribution in [2.45, 2.75) is 25.3 Å². The fourth-order valence-corrected chi connectivity index (χ4v) is 2.35. The van der Waals surface area contributed by atoms with E-state index in [9.17, 15) is 4.79 Å². The highest BCUT2D eigenvalue weighted by Crippen LogP contribution is 2.22. The number of amides is 1. The Morgan fingerprint density at radius 3 is 3.14 bits per heavy atom. The van der Waals surface area contributed by atoms with Gasteiger partial charge in [0.15, 0.2) is 0 Å². The fourth-order valence-electron chi connectivity index (χ4n) is 2.35. The van der Waals surface area contributed by atoms with E-state index in [1.165, 1.54) is 0 Å². The largest absolute Gasteiger partial charge is 0.337 e. The molecule has 1 unspecified atom stereocenters. The summed E-state index contributed by atoms with van der Waals surface area (Å²) in [6, 6.07) is 0.467. The van der Waals surface area contributed by atoms with Crippen LogP contribution in [0, 0.1) is 12.3 Å². The lowest BCUT2D eigenvalue weighted by Gasteiger charge is -2.37. The minimum absolute atomic E-state index is 0.339. The van der Waals surface area contributed by atoms with Crippen LogP contribution in [0.5, 0.6) is 0 Å². The molecule has 2 heterocycles.